The number of hydrogen-bond acceptors (Lipinski definition) is 4. The van der Waals surface area contributed by atoms with E-state index in [-0.39, 0.29) is 12.0 Å². The average Bonchev–Trinajstić information content (AvgIpc) is 2.99. The van der Waals surface area contributed by atoms with Gasteiger partial charge in [0.15, 0.2) is 0 Å². The number of nitrogens with zero attached hydrogens (tertiary/aromatic N) is 2. The lowest BCUT2D eigenvalue weighted by atomic mass is 9.90. The molecule has 0 saturated carbocycles. The molecule has 0 aliphatic carbocycles. The number of nitrogens with one attached hydrogen (secondary N) is 1. The first-order valence-electron chi connectivity index (χ1n) is 15.6. The molecule has 5 rings (SSSR count). The van der Waals surface area contributed by atoms with Crippen LogP contribution in [0.15, 0.2) is 84.9 Å². The van der Waals surface area contributed by atoms with Gasteiger partial charge in [0.25, 0.3) is 5.91 Å². The minimum atomic E-state index is -0.0188. The second-order valence-electron chi connectivity index (χ2n) is 12.4. The maximum absolute atomic E-state index is 12.9. The van der Waals surface area contributed by atoms with Gasteiger partial charge in [0.1, 0.15) is 11.9 Å². The number of carbonyl (C=O) groups is 1. The van der Waals surface area contributed by atoms with Crippen molar-refractivity contribution in [3.63, 3.8) is 0 Å². The molecule has 0 spiro atoms. The first-order chi connectivity index (χ1) is 20.0. The molecule has 3 aromatic carbocycles. The Morgan fingerprint density at radius 3 is 2.24 bits per heavy atom. The fourth-order valence-electron chi connectivity index (χ4n) is 6.79. The Morgan fingerprint density at radius 2 is 1.56 bits per heavy atom. The normalized spacial score (nSPS) is 22.0. The Kier molecular flexibility index (Phi) is 10.5. The zero-order chi connectivity index (χ0) is 28.4. The molecule has 1 N–H and O–H groups in total. The molecule has 3 aromatic rings. The SMILES string of the molecule is CC1CC(C)CN(CCCNC(=O)c2cccc(OC3CCCN(CC(c4ccccc4)c4ccccc4)C3)c2)C1. The van der Waals surface area contributed by atoms with Crippen LogP contribution < -0.4 is 10.1 Å². The monoisotopic (exact) mass is 553 g/mol. The van der Waals surface area contributed by atoms with Crippen molar-refractivity contribution in [2.45, 2.75) is 51.6 Å². The third-order valence-corrected chi connectivity index (χ3v) is 8.59. The van der Waals surface area contributed by atoms with E-state index in [0.717, 1.165) is 63.0 Å². The summed E-state index contributed by atoms with van der Waals surface area (Å²) in [5, 5.41) is 3.12. The van der Waals surface area contributed by atoms with E-state index < -0.39 is 0 Å². The summed E-state index contributed by atoms with van der Waals surface area (Å²) < 4.78 is 6.47. The number of amides is 1. The van der Waals surface area contributed by atoms with Gasteiger partial charge in [0.05, 0.1) is 0 Å². The standard InChI is InChI=1S/C36H47N3O2/c1-28-22-29(2)25-38(24-28)21-11-19-37-36(40)32-16-9-17-33(23-32)41-34-18-10-20-39(26-34)27-35(30-12-5-3-6-13-30)31-14-7-4-8-15-31/h3-9,12-17,23,28-29,34-35H,10-11,18-22,24-27H2,1-2H3,(H,37,40). The first-order valence-corrected chi connectivity index (χ1v) is 15.6. The van der Waals surface area contributed by atoms with E-state index in [1.54, 1.807) is 0 Å². The lowest BCUT2D eigenvalue weighted by molar-refractivity contribution is 0.0860. The molecule has 2 heterocycles. The van der Waals surface area contributed by atoms with Crippen LogP contribution in [0.1, 0.15) is 66.9 Å². The number of piperidine rings is 2. The fraction of sp³-hybridized carbons (Fsp3) is 0.472. The average molecular weight is 554 g/mol. The summed E-state index contributed by atoms with van der Waals surface area (Å²) in [4.78, 5) is 18.0. The number of hydrogen-bond donors (Lipinski definition) is 1. The Morgan fingerprint density at radius 1 is 0.878 bits per heavy atom. The molecule has 2 saturated heterocycles. The number of rotatable bonds is 11. The molecule has 5 nitrogen and oxygen atoms in total. The van der Waals surface area contributed by atoms with E-state index in [2.05, 4.69) is 89.6 Å². The van der Waals surface area contributed by atoms with Gasteiger partial charge in [-0.1, -0.05) is 80.6 Å². The number of likely N-dealkylation sites (tertiary alicyclic amines) is 2. The summed E-state index contributed by atoms with van der Waals surface area (Å²) in [7, 11) is 0. The number of carbonyl (C=O) groups excluding carboxylic acids is 1. The van der Waals surface area contributed by atoms with Crippen LogP contribution in [0.2, 0.25) is 0 Å². The van der Waals surface area contributed by atoms with Gasteiger partial charge < -0.3 is 15.0 Å². The molecule has 2 aliphatic rings. The van der Waals surface area contributed by atoms with E-state index >= 15 is 0 Å². The van der Waals surface area contributed by atoms with Gasteiger partial charge in [-0.15, -0.1) is 0 Å². The topological polar surface area (TPSA) is 44.8 Å². The second kappa shape index (κ2) is 14.7. The Labute approximate surface area is 246 Å². The molecule has 2 fully saturated rings. The summed E-state index contributed by atoms with van der Waals surface area (Å²) in [6.07, 6.45) is 4.56. The summed E-state index contributed by atoms with van der Waals surface area (Å²) in [6.45, 7) is 11.7. The lowest BCUT2D eigenvalue weighted by Crippen LogP contribution is -2.43. The van der Waals surface area contributed by atoms with Gasteiger partial charge in [-0.25, -0.2) is 0 Å². The van der Waals surface area contributed by atoms with Gasteiger partial charge in [0, 0.05) is 44.2 Å². The van der Waals surface area contributed by atoms with Crippen molar-refractivity contribution in [1.82, 2.24) is 15.1 Å². The van der Waals surface area contributed by atoms with E-state index in [1.165, 1.54) is 30.6 Å². The highest BCUT2D eigenvalue weighted by Gasteiger charge is 2.25. The summed E-state index contributed by atoms with van der Waals surface area (Å²) in [5.41, 5.74) is 3.37. The van der Waals surface area contributed by atoms with Crippen molar-refractivity contribution in [3.8, 4) is 5.75 Å². The van der Waals surface area contributed by atoms with Crippen LogP contribution in [0.4, 0.5) is 0 Å². The van der Waals surface area contributed by atoms with Gasteiger partial charge in [-0.05, 0) is 79.9 Å². The van der Waals surface area contributed by atoms with Crippen molar-refractivity contribution in [1.29, 1.82) is 0 Å². The lowest BCUT2D eigenvalue weighted by Gasteiger charge is -2.35. The molecule has 0 bridgehead atoms. The Balaban J connectivity index is 1.12. The maximum Gasteiger partial charge on any atom is 0.251 e. The van der Waals surface area contributed by atoms with E-state index in [9.17, 15) is 4.79 Å². The van der Waals surface area contributed by atoms with Crippen LogP contribution in [0, 0.1) is 11.8 Å². The number of ether oxygens (including phenoxy) is 1. The van der Waals surface area contributed by atoms with Crippen LogP contribution >= 0.6 is 0 Å². The van der Waals surface area contributed by atoms with Crippen molar-refractivity contribution < 1.29 is 9.53 Å². The van der Waals surface area contributed by atoms with Crippen molar-refractivity contribution >= 4 is 5.91 Å². The molecule has 5 heteroatoms. The molecule has 0 radical (unpaired) electrons. The third kappa shape index (κ3) is 8.67. The summed E-state index contributed by atoms with van der Waals surface area (Å²) >= 11 is 0. The summed E-state index contributed by atoms with van der Waals surface area (Å²) in [6, 6.07) is 29.3. The largest absolute Gasteiger partial charge is 0.489 e. The quantitative estimate of drug-likeness (QED) is 0.277. The van der Waals surface area contributed by atoms with Crippen molar-refractivity contribution in [2.75, 3.05) is 45.8 Å². The van der Waals surface area contributed by atoms with E-state index in [4.69, 9.17) is 4.74 Å². The second-order valence-corrected chi connectivity index (χ2v) is 12.4. The zero-order valence-electron chi connectivity index (χ0n) is 24.9. The fourth-order valence-corrected chi connectivity index (χ4v) is 6.79. The third-order valence-electron chi connectivity index (χ3n) is 8.59. The van der Waals surface area contributed by atoms with E-state index in [0.29, 0.717) is 18.0 Å². The molecule has 41 heavy (non-hydrogen) atoms. The van der Waals surface area contributed by atoms with Gasteiger partial charge >= 0.3 is 0 Å². The molecular formula is C36H47N3O2. The molecule has 3 unspecified atom stereocenters. The van der Waals surface area contributed by atoms with Gasteiger partial charge in [0.2, 0.25) is 0 Å². The smallest absolute Gasteiger partial charge is 0.251 e. The predicted molar refractivity (Wildman–Crippen MR) is 168 cm³/mol. The molecule has 218 valence electrons. The minimum absolute atomic E-state index is 0.0188. The van der Waals surface area contributed by atoms with Crippen molar-refractivity contribution in [3.05, 3.63) is 102 Å². The highest BCUT2D eigenvalue weighted by Crippen LogP contribution is 2.28. The summed E-state index contributed by atoms with van der Waals surface area (Å²) in [5.74, 6) is 2.62. The van der Waals surface area contributed by atoms with Gasteiger partial charge in [-0.3, -0.25) is 9.69 Å². The highest BCUT2D eigenvalue weighted by molar-refractivity contribution is 5.94. The van der Waals surface area contributed by atoms with Crippen molar-refractivity contribution in [2.24, 2.45) is 11.8 Å². The van der Waals surface area contributed by atoms with Crippen LogP contribution in [0.5, 0.6) is 5.75 Å². The van der Waals surface area contributed by atoms with E-state index in [1.807, 2.05) is 24.3 Å². The Bertz CT molecular complexity index is 1170. The maximum atomic E-state index is 12.9. The molecule has 2 aliphatic heterocycles. The van der Waals surface area contributed by atoms with Gasteiger partial charge in [-0.2, -0.15) is 0 Å². The Hall–Kier alpha value is -3.15. The predicted octanol–water partition coefficient (Wildman–Crippen LogP) is 6.46. The van der Waals surface area contributed by atoms with Crippen LogP contribution in [-0.4, -0.2) is 67.6 Å². The highest BCUT2D eigenvalue weighted by atomic mass is 16.5. The molecule has 0 aromatic heterocycles. The molecular weight excluding hydrogens is 506 g/mol. The molecule has 1 amide bonds. The molecule has 3 atom stereocenters. The number of benzene rings is 3. The van der Waals surface area contributed by atoms with Crippen LogP contribution in [-0.2, 0) is 0 Å². The van der Waals surface area contributed by atoms with Crippen LogP contribution in [0.25, 0.3) is 0 Å². The zero-order valence-corrected chi connectivity index (χ0v) is 24.9. The minimum Gasteiger partial charge on any atom is -0.489 e. The first kappa shape index (κ1) is 29.3. The van der Waals surface area contributed by atoms with Crippen LogP contribution in [0.3, 0.4) is 0 Å².